The number of carbonyl (C=O) groups excluding carboxylic acids is 1. The van der Waals surface area contributed by atoms with E-state index in [1.807, 2.05) is 30.1 Å². The quantitative estimate of drug-likeness (QED) is 0.943. The molecule has 0 spiro atoms. The van der Waals surface area contributed by atoms with Crippen molar-refractivity contribution in [3.8, 4) is 10.6 Å². The van der Waals surface area contributed by atoms with Crippen LogP contribution in [0.4, 0.5) is 0 Å². The Hall–Kier alpha value is -1.66. The van der Waals surface area contributed by atoms with E-state index < -0.39 is 0 Å². The van der Waals surface area contributed by atoms with E-state index in [0.29, 0.717) is 6.04 Å². The third-order valence-corrected chi connectivity index (χ3v) is 5.19. The zero-order valence-corrected chi connectivity index (χ0v) is 13.2. The summed E-state index contributed by atoms with van der Waals surface area (Å²) in [6.45, 7) is 1.93. The molecule has 2 aromatic heterocycles. The van der Waals surface area contributed by atoms with E-state index >= 15 is 0 Å². The molecule has 0 radical (unpaired) electrons. The second kappa shape index (κ2) is 5.99. The van der Waals surface area contributed by atoms with Crippen LogP contribution in [0.3, 0.4) is 0 Å². The topological polar surface area (TPSA) is 52.2 Å². The molecule has 1 unspecified atom stereocenters. The van der Waals surface area contributed by atoms with Gasteiger partial charge in [-0.3, -0.25) is 9.89 Å². The Bertz CT molecular complexity index is 607. The largest absolute Gasteiger partial charge is 0.339 e. The SMILES string of the molecule is CN(CC1CCCN1C)C(=O)c1ccc(-c2ccn[nH]2)s1. The first kappa shape index (κ1) is 14.3. The van der Waals surface area contributed by atoms with E-state index in [-0.39, 0.29) is 5.91 Å². The summed E-state index contributed by atoms with van der Waals surface area (Å²) in [4.78, 5) is 18.5. The number of H-pyrrole nitrogens is 1. The van der Waals surface area contributed by atoms with Crippen LogP contribution in [0.15, 0.2) is 24.4 Å². The van der Waals surface area contributed by atoms with Crippen LogP contribution in [0.25, 0.3) is 10.6 Å². The number of nitrogens with zero attached hydrogens (tertiary/aromatic N) is 3. The second-order valence-electron chi connectivity index (χ2n) is 5.60. The number of nitrogens with one attached hydrogen (secondary N) is 1. The fourth-order valence-electron chi connectivity index (χ4n) is 2.79. The molecular formula is C15H20N4OS. The van der Waals surface area contributed by atoms with Crippen LogP contribution < -0.4 is 0 Å². The van der Waals surface area contributed by atoms with Crippen LogP contribution in [0.5, 0.6) is 0 Å². The highest BCUT2D eigenvalue weighted by Crippen LogP contribution is 2.27. The molecule has 6 heteroatoms. The smallest absolute Gasteiger partial charge is 0.263 e. The average Bonchev–Trinajstić information content (AvgIpc) is 3.18. The van der Waals surface area contributed by atoms with Gasteiger partial charge in [0.15, 0.2) is 0 Å². The summed E-state index contributed by atoms with van der Waals surface area (Å²) >= 11 is 1.51. The molecule has 0 aliphatic carbocycles. The maximum Gasteiger partial charge on any atom is 0.263 e. The lowest BCUT2D eigenvalue weighted by atomic mass is 10.2. The minimum Gasteiger partial charge on any atom is -0.339 e. The lowest BCUT2D eigenvalue weighted by molar-refractivity contribution is 0.0766. The Morgan fingerprint density at radius 3 is 3.05 bits per heavy atom. The molecule has 21 heavy (non-hydrogen) atoms. The molecule has 3 heterocycles. The van der Waals surface area contributed by atoms with E-state index in [9.17, 15) is 4.79 Å². The highest BCUT2D eigenvalue weighted by atomic mass is 32.1. The minimum atomic E-state index is 0.103. The number of thiophene rings is 1. The Labute approximate surface area is 128 Å². The van der Waals surface area contributed by atoms with Crippen LogP contribution in [0.2, 0.25) is 0 Å². The van der Waals surface area contributed by atoms with Crippen molar-refractivity contribution in [2.45, 2.75) is 18.9 Å². The summed E-state index contributed by atoms with van der Waals surface area (Å²) in [6.07, 6.45) is 4.13. The number of aromatic nitrogens is 2. The van der Waals surface area contributed by atoms with Gasteiger partial charge in [-0.1, -0.05) is 0 Å². The molecule has 0 saturated carbocycles. The third-order valence-electron chi connectivity index (χ3n) is 4.09. The Morgan fingerprint density at radius 1 is 1.52 bits per heavy atom. The number of hydrogen-bond acceptors (Lipinski definition) is 4. The van der Waals surface area contributed by atoms with Gasteiger partial charge in [-0.25, -0.2) is 0 Å². The maximum atomic E-state index is 12.5. The fourth-order valence-corrected chi connectivity index (χ4v) is 3.76. The van der Waals surface area contributed by atoms with E-state index in [0.717, 1.165) is 28.5 Å². The molecular weight excluding hydrogens is 284 g/mol. The lowest BCUT2D eigenvalue weighted by Gasteiger charge is -2.25. The molecule has 1 atom stereocenters. The van der Waals surface area contributed by atoms with Crippen molar-refractivity contribution >= 4 is 17.2 Å². The van der Waals surface area contributed by atoms with Gasteiger partial charge >= 0.3 is 0 Å². The summed E-state index contributed by atoms with van der Waals surface area (Å²) < 4.78 is 0. The van der Waals surface area contributed by atoms with Crippen molar-refractivity contribution < 1.29 is 4.79 Å². The van der Waals surface area contributed by atoms with Crippen LogP contribution >= 0.6 is 11.3 Å². The first-order valence-electron chi connectivity index (χ1n) is 7.20. The first-order chi connectivity index (χ1) is 10.1. The summed E-state index contributed by atoms with van der Waals surface area (Å²) in [5.74, 6) is 0.103. The van der Waals surface area contributed by atoms with Gasteiger partial charge in [0.2, 0.25) is 0 Å². The van der Waals surface area contributed by atoms with Crippen LogP contribution in [-0.2, 0) is 0 Å². The molecule has 1 fully saturated rings. The molecule has 1 aliphatic rings. The van der Waals surface area contributed by atoms with E-state index in [1.165, 1.54) is 24.2 Å². The summed E-state index contributed by atoms with van der Waals surface area (Å²) in [5.41, 5.74) is 0.956. The van der Waals surface area contributed by atoms with E-state index in [2.05, 4.69) is 22.1 Å². The van der Waals surface area contributed by atoms with Crippen molar-refractivity contribution in [1.82, 2.24) is 20.0 Å². The predicted octanol–water partition coefficient (Wildman–Crippen LogP) is 2.30. The van der Waals surface area contributed by atoms with Crippen molar-refractivity contribution in [3.63, 3.8) is 0 Å². The zero-order chi connectivity index (χ0) is 14.8. The summed E-state index contributed by atoms with van der Waals surface area (Å²) in [5, 5.41) is 6.87. The van der Waals surface area contributed by atoms with Crippen LogP contribution in [0, 0.1) is 0 Å². The van der Waals surface area contributed by atoms with Crippen LogP contribution in [-0.4, -0.2) is 59.1 Å². The number of rotatable bonds is 4. The van der Waals surface area contributed by atoms with E-state index in [1.54, 1.807) is 6.20 Å². The zero-order valence-electron chi connectivity index (χ0n) is 12.4. The van der Waals surface area contributed by atoms with Crippen molar-refractivity contribution in [2.24, 2.45) is 0 Å². The molecule has 112 valence electrons. The summed E-state index contributed by atoms with van der Waals surface area (Å²) in [6, 6.07) is 6.28. The van der Waals surface area contributed by atoms with Gasteiger partial charge in [0.25, 0.3) is 5.91 Å². The number of aromatic amines is 1. The molecule has 1 amide bonds. The number of carbonyl (C=O) groups is 1. The number of amides is 1. The normalized spacial score (nSPS) is 19.0. The fraction of sp³-hybridized carbons (Fsp3) is 0.467. The molecule has 0 bridgehead atoms. The molecule has 5 nitrogen and oxygen atoms in total. The molecule has 2 aromatic rings. The molecule has 1 saturated heterocycles. The highest BCUT2D eigenvalue weighted by molar-refractivity contribution is 7.17. The van der Waals surface area contributed by atoms with Crippen LogP contribution in [0.1, 0.15) is 22.5 Å². The molecule has 1 N–H and O–H groups in total. The van der Waals surface area contributed by atoms with Crippen molar-refractivity contribution in [1.29, 1.82) is 0 Å². The Kier molecular flexibility index (Phi) is 4.07. The summed E-state index contributed by atoms with van der Waals surface area (Å²) in [7, 11) is 4.03. The third kappa shape index (κ3) is 3.01. The molecule has 1 aliphatic heterocycles. The average molecular weight is 304 g/mol. The standard InChI is InChI=1S/C15H20N4OS/c1-18-9-3-4-11(18)10-19(2)15(20)14-6-5-13(21-14)12-7-8-16-17-12/h5-8,11H,3-4,9-10H2,1-2H3,(H,16,17). The highest BCUT2D eigenvalue weighted by Gasteiger charge is 2.24. The monoisotopic (exact) mass is 304 g/mol. The maximum absolute atomic E-state index is 12.5. The minimum absolute atomic E-state index is 0.103. The van der Waals surface area contributed by atoms with Gasteiger partial charge in [0, 0.05) is 25.8 Å². The molecule has 3 rings (SSSR count). The Balaban J connectivity index is 1.67. The predicted molar refractivity (Wildman–Crippen MR) is 84.5 cm³/mol. The van der Waals surface area contributed by atoms with Gasteiger partial charge in [-0.2, -0.15) is 5.10 Å². The number of likely N-dealkylation sites (N-methyl/N-ethyl adjacent to an activating group) is 2. The van der Waals surface area contributed by atoms with Gasteiger partial charge in [0.1, 0.15) is 0 Å². The lowest BCUT2D eigenvalue weighted by Crippen LogP contribution is -2.39. The second-order valence-corrected chi connectivity index (χ2v) is 6.68. The van der Waals surface area contributed by atoms with E-state index in [4.69, 9.17) is 0 Å². The van der Waals surface area contributed by atoms with Crippen molar-refractivity contribution in [2.75, 3.05) is 27.2 Å². The first-order valence-corrected chi connectivity index (χ1v) is 8.02. The molecule has 0 aromatic carbocycles. The van der Waals surface area contributed by atoms with Crippen molar-refractivity contribution in [3.05, 3.63) is 29.3 Å². The van der Waals surface area contributed by atoms with Gasteiger partial charge in [-0.15, -0.1) is 11.3 Å². The number of hydrogen-bond donors (Lipinski definition) is 1. The van der Waals surface area contributed by atoms with Gasteiger partial charge in [0.05, 0.1) is 15.4 Å². The number of likely N-dealkylation sites (tertiary alicyclic amines) is 1. The van der Waals surface area contributed by atoms with Gasteiger partial charge in [-0.05, 0) is 44.6 Å². The Morgan fingerprint density at radius 2 is 2.38 bits per heavy atom. The van der Waals surface area contributed by atoms with Gasteiger partial charge < -0.3 is 9.80 Å².